The van der Waals surface area contributed by atoms with Gasteiger partial charge in [0.15, 0.2) is 0 Å². The lowest BCUT2D eigenvalue weighted by Crippen LogP contribution is -2.29. The molecular weight excluding hydrogens is 212 g/mol. The van der Waals surface area contributed by atoms with Crippen LogP contribution in [0.5, 0.6) is 0 Å². The smallest absolute Gasteiger partial charge is 0.255 e. The molecule has 1 saturated heterocycles. The van der Waals surface area contributed by atoms with Crippen LogP contribution >= 0.6 is 0 Å². The van der Waals surface area contributed by atoms with Crippen LogP contribution in [0.2, 0.25) is 0 Å². The molecular formula is C14H20N2O. The molecule has 1 aromatic carbocycles. The van der Waals surface area contributed by atoms with Crippen molar-refractivity contribution in [2.75, 3.05) is 18.8 Å². The molecule has 2 N–H and O–H groups in total. The molecule has 3 heteroatoms. The molecule has 0 bridgehead atoms. The van der Waals surface area contributed by atoms with Crippen LogP contribution in [0.15, 0.2) is 18.2 Å². The van der Waals surface area contributed by atoms with Crippen molar-refractivity contribution in [3.8, 4) is 0 Å². The number of hydrogen-bond acceptors (Lipinski definition) is 2. The van der Waals surface area contributed by atoms with Gasteiger partial charge in [0.1, 0.15) is 0 Å². The van der Waals surface area contributed by atoms with Gasteiger partial charge in [-0.1, -0.05) is 19.9 Å². The van der Waals surface area contributed by atoms with Crippen LogP contribution in [0.4, 0.5) is 5.69 Å². The maximum Gasteiger partial charge on any atom is 0.255 e. The van der Waals surface area contributed by atoms with Crippen molar-refractivity contribution in [1.82, 2.24) is 4.90 Å². The fraction of sp³-hybridized carbons (Fsp3) is 0.500. The normalized spacial score (nSPS) is 24.1. The molecule has 3 nitrogen and oxygen atoms in total. The number of nitrogen functional groups attached to an aromatic ring is 1. The van der Waals surface area contributed by atoms with Crippen LogP contribution in [0.3, 0.4) is 0 Å². The van der Waals surface area contributed by atoms with Crippen molar-refractivity contribution in [3.05, 3.63) is 29.3 Å². The Morgan fingerprint density at radius 1 is 1.29 bits per heavy atom. The largest absolute Gasteiger partial charge is 0.398 e. The minimum Gasteiger partial charge on any atom is -0.398 e. The quantitative estimate of drug-likeness (QED) is 0.755. The third kappa shape index (κ3) is 2.28. The molecule has 17 heavy (non-hydrogen) atoms. The minimum atomic E-state index is 0.0682. The van der Waals surface area contributed by atoms with Gasteiger partial charge in [0.2, 0.25) is 0 Å². The first-order valence-electron chi connectivity index (χ1n) is 6.14. The number of nitrogens with two attached hydrogens (primary N) is 1. The van der Waals surface area contributed by atoms with Gasteiger partial charge < -0.3 is 10.6 Å². The summed E-state index contributed by atoms with van der Waals surface area (Å²) in [6.07, 6.45) is 0. The zero-order valence-corrected chi connectivity index (χ0v) is 10.7. The second kappa shape index (κ2) is 4.40. The van der Waals surface area contributed by atoms with Crippen LogP contribution in [-0.2, 0) is 0 Å². The van der Waals surface area contributed by atoms with Gasteiger partial charge in [-0.2, -0.15) is 0 Å². The number of nitrogens with zero attached hydrogens (tertiary/aromatic N) is 1. The second-order valence-electron chi connectivity index (χ2n) is 5.26. The van der Waals surface area contributed by atoms with Gasteiger partial charge in [-0.3, -0.25) is 4.79 Å². The molecule has 1 aromatic rings. The van der Waals surface area contributed by atoms with Gasteiger partial charge in [0.25, 0.3) is 5.91 Å². The fourth-order valence-corrected chi connectivity index (χ4v) is 2.34. The van der Waals surface area contributed by atoms with E-state index in [1.165, 1.54) is 0 Å². The SMILES string of the molecule is Cc1ccc(C(=O)N2CC(C)C(C)C2)c(N)c1. The number of benzene rings is 1. The fourth-order valence-electron chi connectivity index (χ4n) is 2.34. The lowest BCUT2D eigenvalue weighted by molar-refractivity contribution is 0.0786. The van der Waals surface area contributed by atoms with E-state index >= 15 is 0 Å². The average molecular weight is 232 g/mol. The molecule has 0 radical (unpaired) electrons. The number of hydrogen-bond donors (Lipinski definition) is 1. The highest BCUT2D eigenvalue weighted by Crippen LogP contribution is 2.25. The number of anilines is 1. The molecule has 1 fully saturated rings. The lowest BCUT2D eigenvalue weighted by Gasteiger charge is -2.17. The Morgan fingerprint density at radius 3 is 2.41 bits per heavy atom. The Kier molecular flexibility index (Phi) is 3.09. The van der Waals surface area contributed by atoms with Gasteiger partial charge >= 0.3 is 0 Å². The number of amides is 1. The van der Waals surface area contributed by atoms with Gasteiger partial charge in [0, 0.05) is 18.8 Å². The predicted octanol–water partition coefficient (Wildman–Crippen LogP) is 2.31. The van der Waals surface area contributed by atoms with Gasteiger partial charge in [-0.05, 0) is 36.5 Å². The maximum atomic E-state index is 12.3. The molecule has 1 aliphatic rings. The molecule has 0 saturated carbocycles. The first-order valence-corrected chi connectivity index (χ1v) is 6.14. The standard InChI is InChI=1S/C14H20N2O/c1-9-4-5-12(13(15)6-9)14(17)16-7-10(2)11(3)8-16/h4-6,10-11H,7-8,15H2,1-3H3. The van der Waals surface area contributed by atoms with Crippen molar-refractivity contribution in [2.24, 2.45) is 11.8 Å². The lowest BCUT2D eigenvalue weighted by atomic mass is 10.0. The summed E-state index contributed by atoms with van der Waals surface area (Å²) in [7, 11) is 0. The van der Waals surface area contributed by atoms with E-state index in [0.29, 0.717) is 23.1 Å². The van der Waals surface area contributed by atoms with Crippen molar-refractivity contribution < 1.29 is 4.79 Å². The van der Waals surface area contributed by atoms with Crippen molar-refractivity contribution in [3.63, 3.8) is 0 Å². The molecule has 1 amide bonds. The highest BCUT2D eigenvalue weighted by atomic mass is 16.2. The molecule has 0 spiro atoms. The number of likely N-dealkylation sites (tertiary alicyclic amines) is 1. The van der Waals surface area contributed by atoms with E-state index in [0.717, 1.165) is 18.7 Å². The van der Waals surface area contributed by atoms with E-state index in [1.807, 2.05) is 30.0 Å². The minimum absolute atomic E-state index is 0.0682. The number of carbonyl (C=O) groups excluding carboxylic acids is 1. The summed E-state index contributed by atoms with van der Waals surface area (Å²) in [5.41, 5.74) is 8.22. The summed E-state index contributed by atoms with van der Waals surface area (Å²) in [4.78, 5) is 14.2. The van der Waals surface area contributed by atoms with Crippen molar-refractivity contribution in [1.29, 1.82) is 0 Å². The molecule has 2 rings (SSSR count). The Labute approximate surface area is 103 Å². The summed E-state index contributed by atoms with van der Waals surface area (Å²) in [6.45, 7) is 8.04. The monoisotopic (exact) mass is 232 g/mol. The maximum absolute atomic E-state index is 12.3. The van der Waals surface area contributed by atoms with Gasteiger partial charge in [0.05, 0.1) is 5.56 Å². The second-order valence-corrected chi connectivity index (χ2v) is 5.26. The Hall–Kier alpha value is -1.51. The average Bonchev–Trinajstić information content (AvgIpc) is 2.58. The van der Waals surface area contributed by atoms with Crippen molar-refractivity contribution in [2.45, 2.75) is 20.8 Å². The number of aryl methyl sites for hydroxylation is 1. The molecule has 2 atom stereocenters. The van der Waals surface area contributed by atoms with Crippen LogP contribution in [0.25, 0.3) is 0 Å². The van der Waals surface area contributed by atoms with E-state index in [1.54, 1.807) is 0 Å². The van der Waals surface area contributed by atoms with Crippen LogP contribution in [-0.4, -0.2) is 23.9 Å². The van der Waals surface area contributed by atoms with Crippen LogP contribution in [0.1, 0.15) is 29.8 Å². The highest BCUT2D eigenvalue weighted by molar-refractivity contribution is 5.99. The Bertz CT molecular complexity index is 432. The Balaban J connectivity index is 2.20. The van der Waals surface area contributed by atoms with E-state index in [4.69, 9.17) is 5.73 Å². The van der Waals surface area contributed by atoms with E-state index in [2.05, 4.69) is 13.8 Å². The van der Waals surface area contributed by atoms with E-state index in [9.17, 15) is 4.79 Å². The van der Waals surface area contributed by atoms with E-state index < -0.39 is 0 Å². The molecule has 1 aliphatic heterocycles. The summed E-state index contributed by atoms with van der Waals surface area (Å²) in [6, 6.07) is 5.63. The van der Waals surface area contributed by atoms with E-state index in [-0.39, 0.29) is 5.91 Å². The zero-order chi connectivity index (χ0) is 12.6. The summed E-state index contributed by atoms with van der Waals surface area (Å²) in [5.74, 6) is 1.22. The summed E-state index contributed by atoms with van der Waals surface area (Å²) in [5, 5.41) is 0. The summed E-state index contributed by atoms with van der Waals surface area (Å²) < 4.78 is 0. The number of carbonyl (C=O) groups is 1. The van der Waals surface area contributed by atoms with Crippen LogP contribution in [0, 0.1) is 18.8 Å². The first-order chi connectivity index (χ1) is 7.99. The predicted molar refractivity (Wildman–Crippen MR) is 69.8 cm³/mol. The molecule has 0 aliphatic carbocycles. The topological polar surface area (TPSA) is 46.3 Å². The molecule has 1 heterocycles. The third-order valence-corrected chi connectivity index (χ3v) is 3.71. The Morgan fingerprint density at radius 2 is 1.88 bits per heavy atom. The summed E-state index contributed by atoms with van der Waals surface area (Å²) >= 11 is 0. The molecule has 2 unspecified atom stereocenters. The third-order valence-electron chi connectivity index (χ3n) is 3.71. The zero-order valence-electron chi connectivity index (χ0n) is 10.7. The number of rotatable bonds is 1. The van der Waals surface area contributed by atoms with Gasteiger partial charge in [-0.25, -0.2) is 0 Å². The highest BCUT2D eigenvalue weighted by Gasteiger charge is 2.30. The van der Waals surface area contributed by atoms with Crippen molar-refractivity contribution >= 4 is 11.6 Å². The molecule has 92 valence electrons. The van der Waals surface area contributed by atoms with Crippen LogP contribution < -0.4 is 5.73 Å². The molecule has 0 aromatic heterocycles. The van der Waals surface area contributed by atoms with Gasteiger partial charge in [-0.15, -0.1) is 0 Å². The first kappa shape index (κ1) is 12.0.